The minimum Gasteiger partial charge on any atom is -0.398 e. The monoisotopic (exact) mass is 440 g/mol. The SMILES string of the molecule is CSc1nc(NCCN(C)C)nc(-c2ccc(Cl)c(Cl)c2)c1/C(N)=C/C(N)=O. The van der Waals surface area contributed by atoms with Crippen molar-refractivity contribution in [1.82, 2.24) is 14.9 Å². The third kappa shape index (κ3) is 5.75. The number of hydrogen-bond acceptors (Lipinski definition) is 7. The summed E-state index contributed by atoms with van der Waals surface area (Å²) in [7, 11) is 3.96. The molecule has 1 aromatic carbocycles. The number of primary amides is 1. The zero-order chi connectivity index (χ0) is 20.8. The van der Waals surface area contributed by atoms with Gasteiger partial charge in [0.1, 0.15) is 5.03 Å². The lowest BCUT2D eigenvalue weighted by Crippen LogP contribution is -2.22. The van der Waals surface area contributed by atoms with Crippen LogP contribution in [0, 0.1) is 0 Å². The number of amides is 1. The average molecular weight is 441 g/mol. The smallest absolute Gasteiger partial charge is 0.243 e. The molecular weight excluding hydrogens is 419 g/mol. The molecule has 1 aromatic heterocycles. The molecule has 0 aliphatic rings. The van der Waals surface area contributed by atoms with Gasteiger partial charge in [-0.1, -0.05) is 29.3 Å². The van der Waals surface area contributed by atoms with Crippen LogP contribution in [0.4, 0.5) is 5.95 Å². The number of likely N-dealkylation sites (N-methyl/N-ethyl adjacent to an activating group) is 1. The first-order valence-electron chi connectivity index (χ1n) is 8.30. The molecule has 0 aliphatic carbocycles. The Morgan fingerprint density at radius 1 is 1.25 bits per heavy atom. The highest BCUT2D eigenvalue weighted by Gasteiger charge is 2.19. The molecule has 0 saturated heterocycles. The normalized spacial score (nSPS) is 11.7. The summed E-state index contributed by atoms with van der Waals surface area (Å²) in [5.74, 6) is -0.208. The topological polar surface area (TPSA) is 110 Å². The molecule has 0 spiro atoms. The minimum atomic E-state index is -0.655. The van der Waals surface area contributed by atoms with E-state index in [0.29, 0.717) is 44.4 Å². The number of carbonyl (C=O) groups is 1. The second-order valence-electron chi connectivity index (χ2n) is 6.14. The Balaban J connectivity index is 2.64. The van der Waals surface area contributed by atoms with Crippen molar-refractivity contribution in [2.45, 2.75) is 5.03 Å². The van der Waals surface area contributed by atoms with Gasteiger partial charge in [0, 0.05) is 30.4 Å². The lowest BCUT2D eigenvalue weighted by atomic mass is 10.0. The predicted octanol–water partition coefficient (Wildman–Crippen LogP) is 2.93. The van der Waals surface area contributed by atoms with E-state index in [1.807, 2.05) is 25.3 Å². The molecule has 0 fully saturated rings. The molecule has 0 saturated carbocycles. The molecule has 1 amide bonds. The lowest BCUT2D eigenvalue weighted by molar-refractivity contribution is -0.113. The standard InChI is InChI=1S/C18H22Cl2N6OS/c1-26(2)7-6-23-18-24-16(10-4-5-11(19)12(20)8-10)15(17(25-18)28-3)13(21)9-14(22)27/h4-5,8-9H,6-7,21H2,1-3H3,(H2,22,27)(H,23,24,25)/b13-9-. The summed E-state index contributed by atoms with van der Waals surface area (Å²) in [5.41, 5.74) is 13.3. The quantitative estimate of drug-likeness (QED) is 0.328. The number of nitrogens with one attached hydrogen (secondary N) is 1. The molecule has 150 valence electrons. The van der Waals surface area contributed by atoms with Gasteiger partial charge in [-0.25, -0.2) is 9.97 Å². The maximum absolute atomic E-state index is 11.4. The highest BCUT2D eigenvalue weighted by molar-refractivity contribution is 7.98. The molecule has 10 heteroatoms. The molecule has 2 rings (SSSR count). The van der Waals surface area contributed by atoms with Crippen LogP contribution in [-0.2, 0) is 4.79 Å². The van der Waals surface area contributed by atoms with Crippen LogP contribution in [0.1, 0.15) is 5.56 Å². The van der Waals surface area contributed by atoms with E-state index in [1.54, 1.807) is 18.2 Å². The van der Waals surface area contributed by atoms with Gasteiger partial charge < -0.3 is 21.7 Å². The summed E-state index contributed by atoms with van der Waals surface area (Å²) in [6, 6.07) is 5.16. The zero-order valence-electron chi connectivity index (χ0n) is 15.8. The highest BCUT2D eigenvalue weighted by atomic mass is 35.5. The third-order valence-corrected chi connectivity index (χ3v) is 5.11. The Hall–Kier alpha value is -2.00. The van der Waals surface area contributed by atoms with Crippen LogP contribution in [0.2, 0.25) is 10.0 Å². The van der Waals surface area contributed by atoms with Crippen molar-refractivity contribution in [3.8, 4) is 11.3 Å². The molecule has 1 heterocycles. The van der Waals surface area contributed by atoms with Gasteiger partial charge in [-0.3, -0.25) is 4.79 Å². The van der Waals surface area contributed by atoms with Gasteiger partial charge in [0.25, 0.3) is 0 Å². The van der Waals surface area contributed by atoms with E-state index in [1.165, 1.54) is 11.8 Å². The molecule has 28 heavy (non-hydrogen) atoms. The van der Waals surface area contributed by atoms with Gasteiger partial charge in [-0.05, 0) is 32.5 Å². The maximum Gasteiger partial charge on any atom is 0.243 e. The Morgan fingerprint density at radius 2 is 1.96 bits per heavy atom. The summed E-state index contributed by atoms with van der Waals surface area (Å²) in [5, 5.41) is 4.63. The summed E-state index contributed by atoms with van der Waals surface area (Å²) in [6.45, 7) is 1.47. The van der Waals surface area contributed by atoms with Gasteiger partial charge in [0.05, 0.1) is 21.3 Å². The van der Waals surface area contributed by atoms with Crippen molar-refractivity contribution >= 4 is 52.5 Å². The zero-order valence-corrected chi connectivity index (χ0v) is 18.1. The molecule has 0 unspecified atom stereocenters. The van der Waals surface area contributed by atoms with Gasteiger partial charge in [0.2, 0.25) is 11.9 Å². The Kier molecular flexibility index (Phi) is 7.94. The van der Waals surface area contributed by atoms with E-state index < -0.39 is 5.91 Å². The van der Waals surface area contributed by atoms with E-state index in [9.17, 15) is 4.79 Å². The Labute approximate surface area is 178 Å². The first-order valence-corrected chi connectivity index (χ1v) is 10.3. The van der Waals surface area contributed by atoms with E-state index in [0.717, 1.165) is 12.6 Å². The third-order valence-electron chi connectivity index (χ3n) is 3.69. The fourth-order valence-corrected chi connectivity index (χ4v) is 3.29. The number of aromatic nitrogens is 2. The molecule has 0 aliphatic heterocycles. The maximum atomic E-state index is 11.4. The first-order chi connectivity index (χ1) is 13.2. The Bertz CT molecular complexity index is 904. The van der Waals surface area contributed by atoms with Gasteiger partial charge >= 0.3 is 0 Å². The van der Waals surface area contributed by atoms with Crippen molar-refractivity contribution in [2.24, 2.45) is 11.5 Å². The van der Waals surface area contributed by atoms with Crippen LogP contribution in [0.5, 0.6) is 0 Å². The molecular formula is C18H22Cl2N6OS. The summed E-state index contributed by atoms with van der Waals surface area (Å²) < 4.78 is 0. The van der Waals surface area contributed by atoms with Gasteiger partial charge in [-0.15, -0.1) is 11.8 Å². The van der Waals surface area contributed by atoms with Crippen LogP contribution in [0.25, 0.3) is 17.0 Å². The highest BCUT2D eigenvalue weighted by Crippen LogP contribution is 2.35. The molecule has 2 aromatic rings. The van der Waals surface area contributed by atoms with E-state index >= 15 is 0 Å². The number of thioether (sulfide) groups is 1. The van der Waals surface area contributed by atoms with Crippen molar-refractivity contribution in [2.75, 3.05) is 38.8 Å². The van der Waals surface area contributed by atoms with Gasteiger partial charge in [-0.2, -0.15) is 0 Å². The fraction of sp³-hybridized carbons (Fsp3) is 0.278. The van der Waals surface area contributed by atoms with Crippen LogP contribution < -0.4 is 16.8 Å². The summed E-state index contributed by atoms with van der Waals surface area (Å²) in [6.07, 6.45) is 3.02. The number of halogens is 2. The van der Waals surface area contributed by atoms with Gasteiger partial charge in [0.15, 0.2) is 0 Å². The summed E-state index contributed by atoms with van der Waals surface area (Å²) >= 11 is 13.6. The second kappa shape index (κ2) is 9.97. The number of benzene rings is 1. The number of nitrogens with two attached hydrogens (primary N) is 2. The van der Waals surface area contributed by atoms with Crippen molar-refractivity contribution in [1.29, 1.82) is 0 Å². The second-order valence-corrected chi connectivity index (χ2v) is 7.75. The van der Waals surface area contributed by atoms with E-state index in [-0.39, 0.29) is 5.70 Å². The van der Waals surface area contributed by atoms with Crippen molar-refractivity contribution in [3.63, 3.8) is 0 Å². The largest absolute Gasteiger partial charge is 0.398 e. The molecule has 0 radical (unpaired) electrons. The molecule has 0 atom stereocenters. The number of anilines is 1. The summed E-state index contributed by atoms with van der Waals surface area (Å²) in [4.78, 5) is 22.6. The van der Waals surface area contributed by atoms with E-state index in [4.69, 9.17) is 34.7 Å². The molecule has 5 N–H and O–H groups in total. The Morgan fingerprint density at radius 3 is 2.54 bits per heavy atom. The van der Waals surface area contributed by atoms with Crippen LogP contribution in [-0.4, -0.2) is 54.2 Å². The first kappa shape index (κ1) is 22.3. The van der Waals surface area contributed by atoms with E-state index in [2.05, 4.69) is 15.3 Å². The van der Waals surface area contributed by atoms with Crippen LogP contribution in [0.15, 0.2) is 29.3 Å². The average Bonchev–Trinajstić information content (AvgIpc) is 2.62. The lowest BCUT2D eigenvalue weighted by Gasteiger charge is -2.16. The minimum absolute atomic E-state index is 0.178. The fourth-order valence-electron chi connectivity index (χ4n) is 2.40. The number of carbonyl (C=O) groups excluding carboxylic acids is 1. The molecule has 7 nitrogen and oxygen atoms in total. The van der Waals surface area contributed by atoms with Crippen LogP contribution >= 0.6 is 35.0 Å². The molecule has 0 bridgehead atoms. The number of rotatable bonds is 8. The number of nitrogens with zero attached hydrogens (tertiary/aromatic N) is 3. The van der Waals surface area contributed by atoms with Crippen molar-refractivity contribution < 1.29 is 4.79 Å². The van der Waals surface area contributed by atoms with Crippen LogP contribution in [0.3, 0.4) is 0 Å². The van der Waals surface area contributed by atoms with Crippen molar-refractivity contribution in [3.05, 3.63) is 39.9 Å². The number of hydrogen-bond donors (Lipinski definition) is 3. The predicted molar refractivity (Wildman–Crippen MR) is 118 cm³/mol.